The minimum Gasteiger partial charge on any atom is -0.480 e. The first-order chi connectivity index (χ1) is 10.2. The van der Waals surface area contributed by atoms with Crippen LogP contribution in [0, 0.1) is 10.2 Å². The van der Waals surface area contributed by atoms with E-state index in [0.29, 0.717) is 25.9 Å². The number of nitrogens with two attached hydrogens (primary N) is 1. The molecular formula is C14H26N2O5S. The minimum absolute atomic E-state index is 0.00491. The summed E-state index contributed by atoms with van der Waals surface area (Å²) >= 11 is 0. The number of carboxylic acids is 1. The van der Waals surface area contributed by atoms with Gasteiger partial charge in [-0.1, -0.05) is 13.3 Å². The number of ether oxygens (including phenoxy) is 1. The first-order valence-corrected chi connectivity index (χ1v) is 9.52. The highest BCUT2D eigenvalue weighted by atomic mass is 32.2. The molecule has 1 aliphatic carbocycles. The van der Waals surface area contributed by atoms with Crippen LogP contribution in [0.1, 0.15) is 45.4 Å². The van der Waals surface area contributed by atoms with Crippen molar-refractivity contribution in [3.8, 4) is 0 Å². The van der Waals surface area contributed by atoms with Crippen molar-refractivity contribution in [3.63, 3.8) is 0 Å². The van der Waals surface area contributed by atoms with E-state index in [2.05, 4.69) is 0 Å². The summed E-state index contributed by atoms with van der Waals surface area (Å²) in [6, 6.07) is -1.10. The van der Waals surface area contributed by atoms with Crippen LogP contribution in [0.2, 0.25) is 0 Å². The minimum atomic E-state index is -2.92. The van der Waals surface area contributed by atoms with Gasteiger partial charge in [-0.25, -0.2) is 4.21 Å². The van der Waals surface area contributed by atoms with Gasteiger partial charge in [-0.3, -0.25) is 14.4 Å². The Morgan fingerprint density at radius 3 is 2.50 bits per heavy atom. The second-order valence-corrected chi connectivity index (χ2v) is 8.41. The average molecular weight is 334 g/mol. The van der Waals surface area contributed by atoms with Crippen molar-refractivity contribution in [3.05, 3.63) is 0 Å². The molecule has 0 aromatic carbocycles. The van der Waals surface area contributed by atoms with E-state index >= 15 is 0 Å². The molecule has 1 rings (SSSR count). The predicted molar refractivity (Wildman–Crippen MR) is 83.0 cm³/mol. The summed E-state index contributed by atoms with van der Waals surface area (Å²) in [5, 5.41) is 8.70. The maximum atomic E-state index is 12.2. The number of esters is 1. The second-order valence-electron chi connectivity index (χ2n) is 5.97. The molecule has 0 bridgehead atoms. The van der Waals surface area contributed by atoms with Gasteiger partial charge in [-0.2, -0.15) is 0 Å². The molecule has 128 valence electrons. The van der Waals surface area contributed by atoms with Crippen molar-refractivity contribution in [1.82, 2.24) is 0 Å². The number of nitrogens with one attached hydrogen (secondary N) is 1. The molecule has 1 saturated carbocycles. The lowest BCUT2D eigenvalue weighted by molar-refractivity contribution is -0.161. The number of carbonyl (C=O) groups is 2. The van der Waals surface area contributed by atoms with Crippen molar-refractivity contribution < 1.29 is 23.6 Å². The lowest BCUT2D eigenvalue weighted by atomic mass is 9.67. The van der Waals surface area contributed by atoms with Crippen molar-refractivity contribution in [2.24, 2.45) is 11.1 Å². The Labute approximate surface area is 131 Å². The van der Waals surface area contributed by atoms with E-state index < -0.39 is 27.2 Å². The fourth-order valence-corrected chi connectivity index (χ4v) is 3.97. The molecule has 0 aliphatic heterocycles. The largest absolute Gasteiger partial charge is 0.480 e. The van der Waals surface area contributed by atoms with Gasteiger partial charge in [-0.05, 0) is 32.1 Å². The van der Waals surface area contributed by atoms with Gasteiger partial charge in [0, 0.05) is 21.2 Å². The van der Waals surface area contributed by atoms with Gasteiger partial charge in [0.1, 0.15) is 6.04 Å². The third kappa shape index (κ3) is 5.24. The maximum Gasteiger partial charge on any atom is 0.320 e. The van der Waals surface area contributed by atoms with Crippen LogP contribution in [-0.4, -0.2) is 45.4 Å². The molecule has 1 unspecified atom stereocenters. The van der Waals surface area contributed by atoms with E-state index in [1.54, 1.807) is 0 Å². The summed E-state index contributed by atoms with van der Waals surface area (Å²) in [6.45, 7) is 2.30. The highest BCUT2D eigenvalue weighted by Gasteiger charge is 2.45. The van der Waals surface area contributed by atoms with Gasteiger partial charge in [0.2, 0.25) is 0 Å². The SMILES string of the molecule is CCCOC(=O)C1(CCS(=N)(=O)CC[C@H](N)C(=O)O)CCC1. The van der Waals surface area contributed by atoms with Crippen molar-refractivity contribution >= 4 is 21.7 Å². The molecule has 0 heterocycles. The van der Waals surface area contributed by atoms with Crippen LogP contribution in [0.4, 0.5) is 0 Å². The highest BCUT2D eigenvalue weighted by Crippen LogP contribution is 2.45. The van der Waals surface area contributed by atoms with Gasteiger partial charge in [0.15, 0.2) is 0 Å². The van der Waals surface area contributed by atoms with Crippen molar-refractivity contribution in [2.45, 2.75) is 51.5 Å². The average Bonchev–Trinajstić information content (AvgIpc) is 2.41. The third-order valence-electron chi connectivity index (χ3n) is 4.17. The fraction of sp³-hybridized carbons (Fsp3) is 0.857. The summed E-state index contributed by atoms with van der Waals surface area (Å²) in [6.07, 6.45) is 3.47. The normalized spacial score (nSPS) is 20.5. The van der Waals surface area contributed by atoms with Gasteiger partial charge < -0.3 is 15.6 Å². The number of carboxylic acid groups (broad SMARTS) is 1. The Kier molecular flexibility index (Phi) is 6.80. The van der Waals surface area contributed by atoms with E-state index in [4.69, 9.17) is 20.4 Å². The van der Waals surface area contributed by atoms with Crippen LogP contribution >= 0.6 is 0 Å². The Hall–Kier alpha value is -1.15. The molecule has 4 N–H and O–H groups in total. The van der Waals surface area contributed by atoms with E-state index in [1.165, 1.54) is 0 Å². The van der Waals surface area contributed by atoms with Crippen LogP contribution < -0.4 is 5.73 Å². The summed E-state index contributed by atoms with van der Waals surface area (Å²) in [7, 11) is -2.92. The predicted octanol–water partition coefficient (Wildman–Crippen LogP) is 1.35. The van der Waals surface area contributed by atoms with Crippen LogP contribution in [0.15, 0.2) is 0 Å². The molecule has 0 saturated heterocycles. The molecule has 0 aromatic rings. The Morgan fingerprint density at radius 1 is 1.41 bits per heavy atom. The Morgan fingerprint density at radius 2 is 2.05 bits per heavy atom. The van der Waals surface area contributed by atoms with E-state index in [-0.39, 0.29) is 23.9 Å². The molecule has 8 heteroatoms. The fourth-order valence-electron chi connectivity index (χ4n) is 2.41. The summed E-state index contributed by atoms with van der Waals surface area (Å²) < 4.78 is 25.3. The number of hydrogen-bond acceptors (Lipinski definition) is 6. The quantitative estimate of drug-likeness (QED) is 0.517. The molecule has 0 spiro atoms. The summed E-state index contributed by atoms with van der Waals surface area (Å²) in [5.41, 5.74) is 4.77. The zero-order valence-corrected chi connectivity index (χ0v) is 13.8. The molecular weight excluding hydrogens is 308 g/mol. The van der Waals surface area contributed by atoms with Crippen LogP contribution in [0.25, 0.3) is 0 Å². The van der Waals surface area contributed by atoms with Gasteiger partial charge in [0.25, 0.3) is 0 Å². The number of carbonyl (C=O) groups excluding carboxylic acids is 1. The summed E-state index contributed by atoms with van der Waals surface area (Å²) in [5.74, 6) is -1.38. The van der Waals surface area contributed by atoms with Gasteiger partial charge in [-0.15, -0.1) is 0 Å². The van der Waals surface area contributed by atoms with Crippen LogP contribution in [-0.2, 0) is 24.1 Å². The van der Waals surface area contributed by atoms with E-state index in [1.807, 2.05) is 6.92 Å². The van der Waals surface area contributed by atoms with E-state index in [0.717, 1.165) is 12.8 Å². The number of rotatable bonds is 10. The second kappa shape index (κ2) is 7.92. The summed E-state index contributed by atoms with van der Waals surface area (Å²) in [4.78, 5) is 22.7. The van der Waals surface area contributed by atoms with E-state index in [9.17, 15) is 13.8 Å². The van der Waals surface area contributed by atoms with Crippen molar-refractivity contribution in [2.75, 3.05) is 18.1 Å². The molecule has 1 fully saturated rings. The topological polar surface area (TPSA) is 131 Å². The first-order valence-electron chi connectivity index (χ1n) is 7.62. The molecule has 0 amide bonds. The maximum absolute atomic E-state index is 12.2. The molecule has 7 nitrogen and oxygen atoms in total. The lowest BCUT2D eigenvalue weighted by Gasteiger charge is -2.39. The highest BCUT2D eigenvalue weighted by molar-refractivity contribution is 7.92. The molecule has 0 radical (unpaired) electrons. The number of hydrogen-bond donors (Lipinski definition) is 3. The molecule has 2 atom stereocenters. The van der Waals surface area contributed by atoms with Crippen LogP contribution in [0.5, 0.6) is 0 Å². The Bertz CT molecular complexity index is 499. The molecule has 1 aliphatic rings. The smallest absolute Gasteiger partial charge is 0.320 e. The molecule has 22 heavy (non-hydrogen) atoms. The lowest BCUT2D eigenvalue weighted by Crippen LogP contribution is -2.41. The zero-order valence-electron chi connectivity index (χ0n) is 13.0. The van der Waals surface area contributed by atoms with Gasteiger partial charge in [0.05, 0.1) is 12.0 Å². The van der Waals surface area contributed by atoms with Crippen molar-refractivity contribution in [1.29, 1.82) is 4.78 Å². The van der Waals surface area contributed by atoms with Gasteiger partial charge >= 0.3 is 11.9 Å². The monoisotopic (exact) mass is 334 g/mol. The zero-order chi connectivity index (χ0) is 16.8. The first kappa shape index (κ1) is 18.9. The van der Waals surface area contributed by atoms with Crippen LogP contribution in [0.3, 0.4) is 0 Å². The Balaban J connectivity index is 2.51. The number of aliphatic carboxylic acids is 1. The third-order valence-corrected chi connectivity index (χ3v) is 5.93. The standard InChI is InChI=1S/C14H26N2O5S/c1-2-8-21-13(19)14(5-3-6-14)7-10-22(16,20)9-4-11(15)12(17)18/h11,16H,2-10,15H2,1H3,(H,17,18)/t11-,22?/m0/s1. The molecule has 0 aromatic heterocycles.